The Hall–Kier alpha value is -1.89. The molecular weight excluding hydrogens is 336 g/mol. The van der Waals surface area contributed by atoms with Gasteiger partial charge in [-0.3, -0.25) is 4.79 Å². The average molecular weight is 366 g/mol. The summed E-state index contributed by atoms with van der Waals surface area (Å²) < 4.78 is 11.1. The largest absolute Gasteiger partial charge is 0.481 e. The van der Waals surface area contributed by atoms with Gasteiger partial charge < -0.3 is 14.6 Å². The van der Waals surface area contributed by atoms with Crippen LogP contribution in [0, 0.1) is 11.8 Å². The van der Waals surface area contributed by atoms with Crippen LogP contribution in [0.1, 0.15) is 51.9 Å². The fourth-order valence-electron chi connectivity index (χ4n) is 3.58. The van der Waals surface area contributed by atoms with Gasteiger partial charge in [0.25, 0.3) is 0 Å². The first-order chi connectivity index (χ1) is 12.5. The number of carboxylic acids is 1. The molecule has 2 saturated heterocycles. The number of aliphatic carboxylic acids is 1. The van der Waals surface area contributed by atoms with Crippen molar-refractivity contribution in [2.75, 3.05) is 13.7 Å². The van der Waals surface area contributed by atoms with Crippen molar-refractivity contribution in [2.24, 2.45) is 16.9 Å². The molecule has 2 rings (SSSR count). The number of nitrogens with zero attached hydrogens (tertiary/aromatic N) is 2. The van der Waals surface area contributed by atoms with E-state index in [0.29, 0.717) is 18.9 Å². The summed E-state index contributed by atoms with van der Waals surface area (Å²) in [4.78, 5) is 22.3. The van der Waals surface area contributed by atoms with Crippen LogP contribution < -0.4 is 0 Å². The fraction of sp³-hybridized carbons (Fsp3) is 0.737. The lowest BCUT2D eigenvalue weighted by atomic mass is 9.78. The predicted octanol–water partition coefficient (Wildman–Crippen LogP) is 3.45. The lowest BCUT2D eigenvalue weighted by molar-refractivity contribution is -0.137. The highest BCUT2D eigenvalue weighted by atomic mass is 16.6. The van der Waals surface area contributed by atoms with Crippen LogP contribution in [0.4, 0.5) is 4.79 Å². The molecule has 2 heterocycles. The third-order valence-corrected chi connectivity index (χ3v) is 4.93. The first-order valence-corrected chi connectivity index (χ1v) is 9.49. The van der Waals surface area contributed by atoms with Crippen LogP contribution in [-0.2, 0) is 14.3 Å². The highest BCUT2D eigenvalue weighted by molar-refractivity contribution is 5.70. The second-order valence-electron chi connectivity index (χ2n) is 6.93. The van der Waals surface area contributed by atoms with Crippen molar-refractivity contribution < 1.29 is 24.2 Å². The lowest BCUT2D eigenvalue weighted by Crippen LogP contribution is -2.30. The van der Waals surface area contributed by atoms with Crippen molar-refractivity contribution in [3.63, 3.8) is 0 Å². The van der Waals surface area contributed by atoms with E-state index in [9.17, 15) is 9.59 Å². The topological polar surface area (TPSA) is 88.4 Å². The molecule has 0 spiro atoms. The Labute approximate surface area is 155 Å². The summed E-state index contributed by atoms with van der Waals surface area (Å²) in [5, 5.41) is 14.2. The van der Waals surface area contributed by atoms with Crippen molar-refractivity contribution in [3.05, 3.63) is 12.2 Å². The Morgan fingerprint density at radius 3 is 2.81 bits per heavy atom. The number of rotatable bonds is 10. The molecule has 1 amide bonds. The number of fused-ring (bicyclic) bond motifs is 2. The Bertz CT molecular complexity index is 534. The molecular formula is C19H30N2O5. The highest BCUT2D eigenvalue weighted by Crippen LogP contribution is 2.44. The van der Waals surface area contributed by atoms with Gasteiger partial charge in [-0.1, -0.05) is 19.1 Å². The minimum atomic E-state index is -0.752. The van der Waals surface area contributed by atoms with Gasteiger partial charge in [0.2, 0.25) is 0 Å². The zero-order valence-corrected chi connectivity index (χ0v) is 15.7. The minimum Gasteiger partial charge on any atom is -0.481 e. The van der Waals surface area contributed by atoms with Gasteiger partial charge in [0.15, 0.2) is 0 Å². The van der Waals surface area contributed by atoms with E-state index in [1.807, 2.05) is 13.1 Å². The van der Waals surface area contributed by atoms with E-state index in [2.05, 4.69) is 17.3 Å². The third kappa shape index (κ3) is 5.83. The van der Waals surface area contributed by atoms with Gasteiger partial charge >= 0.3 is 12.1 Å². The number of hydrogen-bond acceptors (Lipinski definition) is 5. The van der Waals surface area contributed by atoms with Crippen LogP contribution in [0.3, 0.4) is 0 Å². The van der Waals surface area contributed by atoms with Crippen molar-refractivity contribution in [1.82, 2.24) is 5.01 Å². The number of carbonyl (C=O) groups is 2. The van der Waals surface area contributed by atoms with Crippen LogP contribution >= 0.6 is 0 Å². The zero-order chi connectivity index (χ0) is 18.9. The summed E-state index contributed by atoms with van der Waals surface area (Å²) in [5.41, 5.74) is 0. The molecule has 0 aromatic carbocycles. The molecule has 2 bridgehead atoms. The molecule has 7 nitrogen and oxygen atoms in total. The summed E-state index contributed by atoms with van der Waals surface area (Å²) in [7, 11) is 1.60. The summed E-state index contributed by atoms with van der Waals surface area (Å²) in [6.07, 6.45) is 11.4. The van der Waals surface area contributed by atoms with Crippen molar-refractivity contribution in [1.29, 1.82) is 0 Å². The van der Waals surface area contributed by atoms with Crippen molar-refractivity contribution >= 4 is 18.3 Å². The number of carbonyl (C=O) groups excluding carboxylic acids is 1. The predicted molar refractivity (Wildman–Crippen MR) is 98.0 cm³/mol. The second kappa shape index (κ2) is 10.3. The lowest BCUT2D eigenvalue weighted by Gasteiger charge is -2.24. The van der Waals surface area contributed by atoms with Crippen molar-refractivity contribution in [3.8, 4) is 0 Å². The maximum absolute atomic E-state index is 11.8. The molecule has 2 aliphatic heterocycles. The summed E-state index contributed by atoms with van der Waals surface area (Å²) in [5.74, 6) is -0.204. The quantitative estimate of drug-likeness (QED) is 0.277. The monoisotopic (exact) mass is 366 g/mol. The van der Waals surface area contributed by atoms with E-state index in [4.69, 9.17) is 14.6 Å². The first-order valence-electron chi connectivity index (χ1n) is 9.49. The number of allylic oxidation sites excluding steroid dienone is 2. The van der Waals surface area contributed by atoms with Gasteiger partial charge in [-0.15, -0.1) is 0 Å². The number of unbranched alkanes of at least 4 members (excludes halogenated alkanes) is 1. The Morgan fingerprint density at radius 2 is 2.08 bits per heavy atom. The number of carboxylic acid groups (broad SMARTS) is 1. The van der Waals surface area contributed by atoms with E-state index >= 15 is 0 Å². The van der Waals surface area contributed by atoms with Gasteiger partial charge in [-0.05, 0) is 44.4 Å². The average Bonchev–Trinajstić information content (AvgIpc) is 3.21. The van der Waals surface area contributed by atoms with E-state index in [-0.39, 0.29) is 24.5 Å². The number of hydrogen-bond donors (Lipinski definition) is 1. The van der Waals surface area contributed by atoms with Gasteiger partial charge in [-0.2, -0.15) is 5.10 Å². The minimum absolute atomic E-state index is 0.175. The molecule has 2 fully saturated rings. The summed E-state index contributed by atoms with van der Waals surface area (Å²) in [6, 6.07) is 0. The van der Waals surface area contributed by atoms with Gasteiger partial charge in [-0.25, -0.2) is 9.80 Å². The normalized spacial score (nSPS) is 27.5. The van der Waals surface area contributed by atoms with Crippen LogP contribution in [0.5, 0.6) is 0 Å². The Morgan fingerprint density at radius 1 is 1.31 bits per heavy atom. The zero-order valence-electron chi connectivity index (χ0n) is 15.7. The van der Waals surface area contributed by atoms with Gasteiger partial charge in [0, 0.05) is 25.6 Å². The number of amides is 1. The van der Waals surface area contributed by atoms with Crippen LogP contribution in [0.15, 0.2) is 17.3 Å². The second-order valence-corrected chi connectivity index (χ2v) is 6.93. The fourth-order valence-corrected chi connectivity index (χ4v) is 3.58. The van der Waals surface area contributed by atoms with Crippen LogP contribution in [0.25, 0.3) is 0 Å². The molecule has 0 radical (unpaired) electrons. The van der Waals surface area contributed by atoms with Gasteiger partial charge in [0.05, 0.1) is 18.8 Å². The molecule has 1 N–H and O–H groups in total. The molecule has 4 atom stereocenters. The van der Waals surface area contributed by atoms with Crippen LogP contribution in [0.2, 0.25) is 0 Å². The highest BCUT2D eigenvalue weighted by Gasteiger charge is 2.47. The molecule has 0 saturated carbocycles. The standard InChI is InChI=1S/C19H30N2O5/c1-3-12-25-19(24)21(2)20-13-15-14(16-10-11-17(15)26-16)8-6-4-5-7-9-18(22)23/h4,6,13-17H,3,5,7-12H2,1-2H3,(H,22,23)/t14-,15+,16-,17+/m1/s1. The Kier molecular flexibility index (Phi) is 8.09. The Balaban J connectivity index is 1.83. The summed E-state index contributed by atoms with van der Waals surface area (Å²) >= 11 is 0. The number of hydrazone groups is 1. The first kappa shape index (κ1) is 20.4. The van der Waals surface area contributed by atoms with E-state index < -0.39 is 12.1 Å². The molecule has 146 valence electrons. The van der Waals surface area contributed by atoms with E-state index in [1.54, 1.807) is 7.05 Å². The van der Waals surface area contributed by atoms with Crippen LogP contribution in [-0.4, -0.2) is 54.3 Å². The molecule has 0 aliphatic carbocycles. The third-order valence-electron chi connectivity index (χ3n) is 4.93. The maximum Gasteiger partial charge on any atom is 0.430 e. The van der Waals surface area contributed by atoms with E-state index in [0.717, 1.165) is 32.1 Å². The molecule has 7 heteroatoms. The summed E-state index contributed by atoms with van der Waals surface area (Å²) in [6.45, 7) is 2.34. The molecule has 26 heavy (non-hydrogen) atoms. The molecule has 0 aromatic heterocycles. The smallest absolute Gasteiger partial charge is 0.430 e. The number of ether oxygens (including phenoxy) is 2. The molecule has 0 unspecified atom stereocenters. The van der Waals surface area contributed by atoms with Crippen molar-refractivity contribution in [2.45, 2.75) is 64.1 Å². The molecule has 0 aromatic rings. The van der Waals surface area contributed by atoms with Gasteiger partial charge in [0.1, 0.15) is 0 Å². The molecule has 2 aliphatic rings. The SMILES string of the molecule is CCCOC(=O)N(C)N=C[C@H]1[C@@H](CC=CCCCC(=O)O)[C@H]2CC[C@@H]1O2. The maximum atomic E-state index is 11.8. The van der Waals surface area contributed by atoms with E-state index in [1.165, 1.54) is 5.01 Å².